The highest BCUT2D eigenvalue weighted by Crippen LogP contribution is 2.27. The Kier molecular flexibility index (Phi) is 5.93. The molecule has 0 bridgehead atoms. The molecule has 0 aliphatic carbocycles. The van der Waals surface area contributed by atoms with Crippen molar-refractivity contribution >= 4 is 34.8 Å². The monoisotopic (exact) mass is 381 g/mol. The van der Waals surface area contributed by atoms with E-state index in [9.17, 15) is 14.4 Å². The predicted octanol–water partition coefficient (Wildman–Crippen LogP) is 3.10. The van der Waals surface area contributed by atoms with Crippen LogP contribution in [0.3, 0.4) is 0 Å². The second kappa shape index (κ2) is 8.56. The number of anilines is 3. The third-order valence-electron chi connectivity index (χ3n) is 4.46. The first-order chi connectivity index (χ1) is 13.5. The third kappa shape index (κ3) is 4.31. The van der Waals surface area contributed by atoms with E-state index in [1.54, 1.807) is 47.4 Å². The van der Waals surface area contributed by atoms with E-state index in [2.05, 4.69) is 10.6 Å². The van der Waals surface area contributed by atoms with Gasteiger partial charge < -0.3 is 20.3 Å². The highest BCUT2D eigenvalue weighted by molar-refractivity contribution is 6.43. The molecule has 1 saturated heterocycles. The molecule has 2 N–H and O–H groups in total. The van der Waals surface area contributed by atoms with Crippen molar-refractivity contribution in [1.82, 2.24) is 0 Å². The van der Waals surface area contributed by atoms with E-state index in [-0.39, 0.29) is 5.91 Å². The molecule has 7 heteroatoms. The van der Waals surface area contributed by atoms with Crippen LogP contribution in [-0.2, 0) is 14.4 Å². The molecule has 1 aliphatic rings. The van der Waals surface area contributed by atoms with Gasteiger partial charge in [0.1, 0.15) is 5.75 Å². The van der Waals surface area contributed by atoms with E-state index in [4.69, 9.17) is 4.74 Å². The first kappa shape index (κ1) is 19.4. The van der Waals surface area contributed by atoms with Crippen LogP contribution in [0.2, 0.25) is 0 Å². The SMILES string of the molecule is CCOc1ccccc1NC(=O)C(=O)Nc1ccc(N2CCCC2=O)c(C)c1. The van der Waals surface area contributed by atoms with Gasteiger partial charge in [-0.05, 0) is 56.2 Å². The molecule has 0 unspecified atom stereocenters. The van der Waals surface area contributed by atoms with Gasteiger partial charge in [0, 0.05) is 24.3 Å². The Morgan fingerprint density at radius 3 is 2.54 bits per heavy atom. The molecule has 0 spiro atoms. The summed E-state index contributed by atoms with van der Waals surface area (Å²) >= 11 is 0. The van der Waals surface area contributed by atoms with Crippen molar-refractivity contribution in [2.24, 2.45) is 0 Å². The number of nitrogens with one attached hydrogen (secondary N) is 2. The largest absolute Gasteiger partial charge is 0.492 e. The van der Waals surface area contributed by atoms with Gasteiger partial charge in [-0.2, -0.15) is 0 Å². The van der Waals surface area contributed by atoms with Crippen LogP contribution >= 0.6 is 0 Å². The van der Waals surface area contributed by atoms with Crippen LogP contribution in [0.25, 0.3) is 0 Å². The lowest BCUT2D eigenvalue weighted by molar-refractivity contribution is -0.133. The summed E-state index contributed by atoms with van der Waals surface area (Å²) in [5.41, 5.74) is 2.61. The zero-order valence-electron chi connectivity index (χ0n) is 16.0. The van der Waals surface area contributed by atoms with Crippen LogP contribution < -0.4 is 20.3 Å². The first-order valence-electron chi connectivity index (χ1n) is 9.24. The van der Waals surface area contributed by atoms with Crippen molar-refractivity contribution in [3.8, 4) is 5.75 Å². The second-order valence-corrected chi connectivity index (χ2v) is 6.49. The summed E-state index contributed by atoms with van der Waals surface area (Å²) in [4.78, 5) is 38.2. The van der Waals surface area contributed by atoms with Crippen LogP contribution in [0.1, 0.15) is 25.3 Å². The lowest BCUT2D eigenvalue weighted by Crippen LogP contribution is -2.29. The van der Waals surface area contributed by atoms with Gasteiger partial charge in [0.05, 0.1) is 12.3 Å². The van der Waals surface area contributed by atoms with Crippen molar-refractivity contribution < 1.29 is 19.1 Å². The Bertz CT molecular complexity index is 910. The summed E-state index contributed by atoms with van der Waals surface area (Å²) in [6.45, 7) is 4.86. The van der Waals surface area contributed by atoms with Crippen LogP contribution in [0.15, 0.2) is 42.5 Å². The number of ether oxygens (including phenoxy) is 1. The van der Waals surface area contributed by atoms with Crippen LogP contribution in [0.4, 0.5) is 17.1 Å². The minimum atomic E-state index is -0.788. The maximum atomic E-state index is 12.3. The molecule has 2 aromatic carbocycles. The molecular formula is C21H23N3O4. The minimum absolute atomic E-state index is 0.104. The maximum absolute atomic E-state index is 12.3. The van der Waals surface area contributed by atoms with E-state index >= 15 is 0 Å². The third-order valence-corrected chi connectivity index (χ3v) is 4.46. The van der Waals surface area contributed by atoms with Crippen LogP contribution in [0.5, 0.6) is 5.75 Å². The molecule has 0 saturated carbocycles. The lowest BCUT2D eigenvalue weighted by atomic mass is 10.1. The molecule has 0 atom stereocenters. The number of rotatable bonds is 5. The van der Waals surface area contributed by atoms with Crippen molar-refractivity contribution in [3.05, 3.63) is 48.0 Å². The van der Waals surface area contributed by atoms with Gasteiger partial charge in [0.25, 0.3) is 0 Å². The molecule has 1 aliphatic heterocycles. The molecule has 28 heavy (non-hydrogen) atoms. The number of hydrogen-bond acceptors (Lipinski definition) is 4. The molecule has 146 valence electrons. The van der Waals surface area contributed by atoms with Crippen molar-refractivity contribution in [2.75, 3.05) is 28.7 Å². The average Bonchev–Trinajstić information content (AvgIpc) is 3.09. The Morgan fingerprint density at radius 2 is 1.86 bits per heavy atom. The number of aryl methyl sites for hydroxylation is 1. The summed E-state index contributed by atoms with van der Waals surface area (Å²) in [7, 11) is 0. The van der Waals surface area contributed by atoms with Gasteiger partial charge in [-0.15, -0.1) is 0 Å². The van der Waals surface area contributed by atoms with Crippen LogP contribution in [0, 0.1) is 6.92 Å². The first-order valence-corrected chi connectivity index (χ1v) is 9.24. The summed E-state index contributed by atoms with van der Waals surface area (Å²) in [5, 5.41) is 5.15. The van der Waals surface area contributed by atoms with Crippen molar-refractivity contribution in [3.63, 3.8) is 0 Å². The zero-order chi connectivity index (χ0) is 20.1. The van der Waals surface area contributed by atoms with E-state index in [1.807, 2.05) is 13.8 Å². The summed E-state index contributed by atoms with van der Waals surface area (Å²) in [5.74, 6) is -0.965. The van der Waals surface area contributed by atoms with E-state index < -0.39 is 11.8 Å². The van der Waals surface area contributed by atoms with Crippen molar-refractivity contribution in [1.29, 1.82) is 0 Å². The Balaban J connectivity index is 1.67. The van der Waals surface area contributed by atoms with Crippen molar-refractivity contribution in [2.45, 2.75) is 26.7 Å². The number of nitrogens with zero attached hydrogens (tertiary/aromatic N) is 1. The fraction of sp³-hybridized carbons (Fsp3) is 0.286. The van der Waals surface area contributed by atoms with E-state index in [1.165, 1.54) is 0 Å². The highest BCUT2D eigenvalue weighted by Gasteiger charge is 2.23. The number of benzene rings is 2. The van der Waals surface area contributed by atoms with Gasteiger partial charge in [0.2, 0.25) is 5.91 Å². The molecule has 2 aromatic rings. The highest BCUT2D eigenvalue weighted by atomic mass is 16.5. The van der Waals surface area contributed by atoms with Gasteiger partial charge >= 0.3 is 11.8 Å². The van der Waals surface area contributed by atoms with Crippen LogP contribution in [-0.4, -0.2) is 30.9 Å². The normalized spacial score (nSPS) is 13.4. The van der Waals surface area contributed by atoms with Gasteiger partial charge in [0.15, 0.2) is 0 Å². The Morgan fingerprint density at radius 1 is 1.11 bits per heavy atom. The summed E-state index contributed by atoms with van der Waals surface area (Å²) < 4.78 is 5.44. The molecule has 0 aromatic heterocycles. The average molecular weight is 381 g/mol. The molecule has 3 amide bonds. The number of amides is 3. The minimum Gasteiger partial charge on any atom is -0.492 e. The summed E-state index contributed by atoms with van der Waals surface area (Å²) in [6, 6.07) is 12.2. The number of hydrogen-bond donors (Lipinski definition) is 2. The maximum Gasteiger partial charge on any atom is 0.314 e. The fourth-order valence-electron chi connectivity index (χ4n) is 3.16. The van der Waals surface area contributed by atoms with Gasteiger partial charge in [-0.25, -0.2) is 0 Å². The topological polar surface area (TPSA) is 87.7 Å². The summed E-state index contributed by atoms with van der Waals surface area (Å²) in [6.07, 6.45) is 1.40. The second-order valence-electron chi connectivity index (χ2n) is 6.49. The number of carbonyl (C=O) groups is 3. The molecule has 1 heterocycles. The predicted molar refractivity (Wildman–Crippen MR) is 108 cm³/mol. The molecular weight excluding hydrogens is 358 g/mol. The Hall–Kier alpha value is -3.35. The van der Waals surface area contributed by atoms with Gasteiger partial charge in [-0.1, -0.05) is 12.1 Å². The lowest BCUT2D eigenvalue weighted by Gasteiger charge is -2.19. The van der Waals surface area contributed by atoms with E-state index in [0.29, 0.717) is 36.7 Å². The smallest absolute Gasteiger partial charge is 0.314 e. The molecule has 1 fully saturated rings. The zero-order valence-corrected chi connectivity index (χ0v) is 16.0. The van der Waals surface area contributed by atoms with E-state index in [0.717, 1.165) is 17.7 Å². The molecule has 7 nitrogen and oxygen atoms in total. The molecule has 3 rings (SSSR count). The quantitative estimate of drug-likeness (QED) is 0.779. The number of para-hydroxylation sites is 2. The van der Waals surface area contributed by atoms with Gasteiger partial charge in [-0.3, -0.25) is 14.4 Å². The Labute approximate surface area is 163 Å². The molecule has 0 radical (unpaired) electrons. The standard InChI is InChI=1S/C21H23N3O4/c1-3-28-18-8-5-4-7-16(18)23-21(27)20(26)22-15-10-11-17(14(2)13-15)24-12-6-9-19(24)25/h4-5,7-8,10-11,13H,3,6,9,12H2,1-2H3,(H,22,26)(H,23,27). The number of carbonyl (C=O) groups excluding carboxylic acids is 3. The fourth-order valence-corrected chi connectivity index (χ4v) is 3.16.